The lowest BCUT2D eigenvalue weighted by molar-refractivity contribution is 1.14. The zero-order chi connectivity index (χ0) is 19.3. The average molecular weight is 407 g/mol. The van der Waals surface area contributed by atoms with Gasteiger partial charge in [0.05, 0.1) is 10.7 Å². The molecule has 4 aromatic carbocycles. The minimum Gasteiger partial charge on any atom is -0.381 e. The molecule has 2 N–H and O–H groups in total. The van der Waals surface area contributed by atoms with Gasteiger partial charge in [0, 0.05) is 23.8 Å². The summed E-state index contributed by atoms with van der Waals surface area (Å²) in [5.74, 6) is 0. The van der Waals surface area contributed by atoms with Crippen molar-refractivity contribution in [1.82, 2.24) is 0 Å². The summed E-state index contributed by atoms with van der Waals surface area (Å²) in [6, 6.07) is 28.7. The smallest absolute Gasteiger partial charge is 0.0658 e. The van der Waals surface area contributed by atoms with Crippen molar-refractivity contribution in [3.8, 4) is 0 Å². The number of hydrogen-bond donors (Lipinski definition) is 2. The molecule has 0 amide bonds. The third kappa shape index (κ3) is 4.59. The van der Waals surface area contributed by atoms with Gasteiger partial charge in [0.15, 0.2) is 0 Å². The highest BCUT2D eigenvalue weighted by molar-refractivity contribution is 6.33. The van der Waals surface area contributed by atoms with Crippen LogP contribution in [-0.4, -0.2) is 0 Å². The normalized spacial score (nSPS) is 10.8. The minimum atomic E-state index is 0.692. The molecule has 0 aliphatic carbocycles. The van der Waals surface area contributed by atoms with Gasteiger partial charge in [0.1, 0.15) is 0 Å². The second-order valence-corrected chi connectivity index (χ2v) is 7.56. The first-order valence-corrected chi connectivity index (χ1v) is 9.92. The van der Waals surface area contributed by atoms with Crippen LogP contribution in [-0.2, 0) is 13.1 Å². The number of halogens is 2. The van der Waals surface area contributed by atoms with Crippen LogP contribution in [0.1, 0.15) is 11.1 Å². The second-order valence-electron chi connectivity index (χ2n) is 6.71. The van der Waals surface area contributed by atoms with Crippen molar-refractivity contribution in [1.29, 1.82) is 0 Å². The van der Waals surface area contributed by atoms with E-state index in [1.165, 1.54) is 16.3 Å². The van der Waals surface area contributed by atoms with Crippen molar-refractivity contribution in [3.63, 3.8) is 0 Å². The third-order valence-electron chi connectivity index (χ3n) is 4.65. The fourth-order valence-electron chi connectivity index (χ4n) is 3.17. The van der Waals surface area contributed by atoms with Gasteiger partial charge in [-0.15, -0.1) is 0 Å². The summed E-state index contributed by atoms with van der Waals surface area (Å²) in [5, 5.41) is 10.7. The molecular formula is C24H20Cl2N2. The van der Waals surface area contributed by atoms with E-state index in [9.17, 15) is 0 Å². The number of rotatable bonds is 6. The minimum absolute atomic E-state index is 0.692. The van der Waals surface area contributed by atoms with Crippen LogP contribution in [0.25, 0.3) is 10.8 Å². The summed E-state index contributed by atoms with van der Waals surface area (Å²) in [6.45, 7) is 1.42. The largest absolute Gasteiger partial charge is 0.381 e. The molecule has 0 fully saturated rings. The van der Waals surface area contributed by atoms with Crippen LogP contribution in [0, 0.1) is 0 Å². The van der Waals surface area contributed by atoms with E-state index in [0.717, 1.165) is 28.5 Å². The summed E-state index contributed by atoms with van der Waals surface area (Å²) in [5.41, 5.74) is 4.24. The second kappa shape index (κ2) is 8.55. The van der Waals surface area contributed by atoms with Crippen LogP contribution < -0.4 is 10.6 Å². The average Bonchev–Trinajstić information content (AvgIpc) is 2.71. The molecule has 0 unspecified atom stereocenters. The predicted molar refractivity (Wildman–Crippen MR) is 122 cm³/mol. The lowest BCUT2D eigenvalue weighted by Gasteiger charge is -2.12. The Kier molecular flexibility index (Phi) is 5.70. The van der Waals surface area contributed by atoms with Gasteiger partial charge >= 0.3 is 0 Å². The molecule has 4 rings (SSSR count). The molecular weight excluding hydrogens is 387 g/mol. The Morgan fingerprint density at radius 2 is 1.39 bits per heavy atom. The Labute approximate surface area is 175 Å². The van der Waals surface area contributed by atoms with Crippen molar-refractivity contribution in [2.75, 3.05) is 10.6 Å². The van der Waals surface area contributed by atoms with Gasteiger partial charge in [-0.25, -0.2) is 0 Å². The van der Waals surface area contributed by atoms with Crippen molar-refractivity contribution in [2.24, 2.45) is 0 Å². The van der Waals surface area contributed by atoms with Gasteiger partial charge in [-0.05, 0) is 58.3 Å². The maximum Gasteiger partial charge on any atom is 0.0658 e. The summed E-state index contributed by atoms with van der Waals surface area (Å²) in [7, 11) is 0. The lowest BCUT2D eigenvalue weighted by Crippen LogP contribution is -2.02. The van der Waals surface area contributed by atoms with Crippen LogP contribution in [0.15, 0.2) is 84.9 Å². The SMILES string of the molecule is Clc1cccc(CNc2ccc(NCc3ccc4ccccc4c3)c(Cl)c2)c1. The van der Waals surface area contributed by atoms with Gasteiger partial charge in [-0.3, -0.25) is 0 Å². The molecule has 0 radical (unpaired) electrons. The van der Waals surface area contributed by atoms with Gasteiger partial charge in [-0.1, -0.05) is 71.7 Å². The molecule has 0 bridgehead atoms. The molecule has 0 saturated heterocycles. The molecule has 0 atom stereocenters. The van der Waals surface area contributed by atoms with Crippen LogP contribution in [0.3, 0.4) is 0 Å². The Morgan fingerprint density at radius 1 is 0.607 bits per heavy atom. The van der Waals surface area contributed by atoms with Crippen LogP contribution in [0.4, 0.5) is 11.4 Å². The molecule has 0 aromatic heterocycles. The number of nitrogens with one attached hydrogen (secondary N) is 2. The molecule has 2 nitrogen and oxygen atoms in total. The van der Waals surface area contributed by atoms with E-state index < -0.39 is 0 Å². The van der Waals surface area contributed by atoms with Gasteiger partial charge in [0.25, 0.3) is 0 Å². The molecule has 0 spiro atoms. The summed E-state index contributed by atoms with van der Waals surface area (Å²) < 4.78 is 0. The highest BCUT2D eigenvalue weighted by Crippen LogP contribution is 2.27. The zero-order valence-corrected chi connectivity index (χ0v) is 16.8. The molecule has 4 heteroatoms. The quantitative estimate of drug-likeness (QED) is 0.349. The van der Waals surface area contributed by atoms with E-state index in [-0.39, 0.29) is 0 Å². The van der Waals surface area contributed by atoms with E-state index in [2.05, 4.69) is 53.1 Å². The van der Waals surface area contributed by atoms with Crippen molar-refractivity contribution >= 4 is 45.3 Å². The summed E-state index contributed by atoms with van der Waals surface area (Å²) >= 11 is 12.5. The number of fused-ring (bicyclic) bond motifs is 1. The summed E-state index contributed by atoms with van der Waals surface area (Å²) in [6.07, 6.45) is 0. The highest BCUT2D eigenvalue weighted by Gasteiger charge is 2.03. The van der Waals surface area contributed by atoms with E-state index >= 15 is 0 Å². The van der Waals surface area contributed by atoms with Crippen LogP contribution >= 0.6 is 23.2 Å². The predicted octanol–water partition coefficient (Wildman–Crippen LogP) is 7.37. The molecule has 0 aliphatic rings. The maximum absolute atomic E-state index is 6.47. The molecule has 0 saturated carbocycles. The Morgan fingerprint density at radius 3 is 2.21 bits per heavy atom. The number of benzene rings is 4. The van der Waals surface area contributed by atoms with Gasteiger partial charge in [-0.2, -0.15) is 0 Å². The van der Waals surface area contributed by atoms with Crippen molar-refractivity contribution < 1.29 is 0 Å². The van der Waals surface area contributed by atoms with Gasteiger partial charge < -0.3 is 10.6 Å². The zero-order valence-electron chi connectivity index (χ0n) is 15.3. The van der Waals surface area contributed by atoms with Gasteiger partial charge in [0.2, 0.25) is 0 Å². The van der Waals surface area contributed by atoms with E-state index in [0.29, 0.717) is 11.6 Å². The Hall–Kier alpha value is -2.68. The van der Waals surface area contributed by atoms with E-state index in [1.54, 1.807) is 0 Å². The number of hydrogen-bond acceptors (Lipinski definition) is 2. The monoisotopic (exact) mass is 406 g/mol. The first-order chi connectivity index (χ1) is 13.7. The lowest BCUT2D eigenvalue weighted by atomic mass is 10.1. The molecule has 28 heavy (non-hydrogen) atoms. The molecule has 0 heterocycles. The summed E-state index contributed by atoms with van der Waals surface area (Å²) in [4.78, 5) is 0. The highest BCUT2D eigenvalue weighted by atomic mass is 35.5. The Bertz CT molecular complexity index is 1110. The third-order valence-corrected chi connectivity index (χ3v) is 5.20. The fraction of sp³-hybridized carbons (Fsp3) is 0.0833. The van der Waals surface area contributed by atoms with Crippen molar-refractivity contribution in [2.45, 2.75) is 13.1 Å². The maximum atomic E-state index is 6.47. The number of anilines is 2. The van der Waals surface area contributed by atoms with Crippen molar-refractivity contribution in [3.05, 3.63) is 106 Å². The Balaban J connectivity index is 1.39. The fourth-order valence-corrected chi connectivity index (χ4v) is 3.63. The topological polar surface area (TPSA) is 24.1 Å². The molecule has 140 valence electrons. The van der Waals surface area contributed by atoms with E-state index in [4.69, 9.17) is 23.2 Å². The van der Waals surface area contributed by atoms with E-state index in [1.807, 2.05) is 42.5 Å². The standard InChI is InChI=1S/C24H20Cl2N2/c25-21-7-3-4-17(13-21)15-27-22-10-11-24(23(26)14-22)28-16-18-8-9-19-5-1-2-6-20(19)12-18/h1-14,27-28H,15-16H2. The first-order valence-electron chi connectivity index (χ1n) is 9.17. The van der Waals surface area contributed by atoms with Crippen LogP contribution in [0.2, 0.25) is 10.0 Å². The first kappa shape index (κ1) is 18.7. The molecule has 4 aromatic rings. The van der Waals surface area contributed by atoms with Crippen LogP contribution in [0.5, 0.6) is 0 Å². The molecule has 0 aliphatic heterocycles.